The number of allylic oxidation sites excluding steroid dienone is 4. The molecule has 0 saturated heterocycles. The molecule has 0 spiro atoms. The van der Waals surface area contributed by atoms with Crippen LogP contribution in [0.15, 0.2) is 59.6 Å². The monoisotopic (exact) mass is 506 g/mol. The zero-order chi connectivity index (χ0) is 25.0. The summed E-state index contributed by atoms with van der Waals surface area (Å²) in [4.78, 5) is 9.21. The average molecular weight is 507 g/mol. The molecule has 0 aliphatic heterocycles. The highest BCUT2D eigenvalue weighted by Crippen LogP contribution is 2.63. The predicted molar refractivity (Wildman–Crippen MR) is 153 cm³/mol. The third-order valence-electron chi connectivity index (χ3n) is 9.10. The SMILES string of the molecule is Cc1c(C)c2c(c3c1-c1ccc(-c4nccs4)cc1C3(C)C)C(C)(C)C1C=C(c3nccs3)C=CC21. The molecule has 7 rings (SSSR count). The third kappa shape index (κ3) is 2.77. The van der Waals surface area contributed by atoms with E-state index in [1.54, 1.807) is 39.4 Å². The molecule has 0 bridgehead atoms. The Bertz CT molecular complexity index is 1600. The molecule has 0 N–H and O–H groups in total. The quantitative estimate of drug-likeness (QED) is 0.271. The largest absolute Gasteiger partial charge is 0.245 e. The summed E-state index contributed by atoms with van der Waals surface area (Å²) in [5.41, 5.74) is 14.3. The van der Waals surface area contributed by atoms with E-state index in [0.29, 0.717) is 11.8 Å². The van der Waals surface area contributed by atoms with E-state index < -0.39 is 0 Å². The van der Waals surface area contributed by atoms with Crippen LogP contribution in [-0.2, 0) is 10.8 Å². The van der Waals surface area contributed by atoms with Crippen molar-refractivity contribution >= 4 is 28.2 Å². The van der Waals surface area contributed by atoms with Gasteiger partial charge in [-0.2, -0.15) is 0 Å². The van der Waals surface area contributed by atoms with Gasteiger partial charge in [0.05, 0.1) is 0 Å². The van der Waals surface area contributed by atoms with Crippen molar-refractivity contribution < 1.29 is 0 Å². The van der Waals surface area contributed by atoms with Crippen LogP contribution < -0.4 is 0 Å². The average Bonchev–Trinajstić information content (AvgIpc) is 3.64. The van der Waals surface area contributed by atoms with Gasteiger partial charge in [-0.25, -0.2) is 9.97 Å². The molecule has 0 saturated carbocycles. The smallest absolute Gasteiger partial charge is 0.123 e. The Balaban J connectivity index is 1.47. The lowest BCUT2D eigenvalue weighted by Crippen LogP contribution is -2.28. The first-order chi connectivity index (χ1) is 17.2. The molecular weight excluding hydrogens is 477 g/mol. The van der Waals surface area contributed by atoms with Gasteiger partial charge >= 0.3 is 0 Å². The Kier molecular flexibility index (Phi) is 4.58. The summed E-state index contributed by atoms with van der Waals surface area (Å²) in [7, 11) is 0. The fraction of sp³-hybridized carbons (Fsp3) is 0.312. The van der Waals surface area contributed by atoms with Crippen molar-refractivity contribution in [3.8, 4) is 21.7 Å². The number of fused-ring (bicyclic) bond motifs is 7. The maximum Gasteiger partial charge on any atom is 0.123 e. The van der Waals surface area contributed by atoms with Crippen LogP contribution in [0.25, 0.3) is 27.3 Å². The van der Waals surface area contributed by atoms with E-state index in [2.05, 4.69) is 98.7 Å². The Morgan fingerprint density at radius 2 is 1.58 bits per heavy atom. The molecule has 2 atom stereocenters. The van der Waals surface area contributed by atoms with Crippen molar-refractivity contribution in [3.63, 3.8) is 0 Å². The van der Waals surface area contributed by atoms with Crippen LogP contribution in [0, 0.1) is 19.8 Å². The van der Waals surface area contributed by atoms with Gasteiger partial charge in [0.2, 0.25) is 0 Å². The van der Waals surface area contributed by atoms with Crippen LogP contribution in [0.2, 0.25) is 0 Å². The molecule has 2 heterocycles. The summed E-state index contributed by atoms with van der Waals surface area (Å²) in [6.07, 6.45) is 11.1. The number of hydrogen-bond donors (Lipinski definition) is 0. The number of aromatic nitrogens is 2. The first-order valence-electron chi connectivity index (χ1n) is 12.7. The molecule has 4 aromatic rings. The molecule has 0 fully saturated rings. The maximum absolute atomic E-state index is 4.61. The van der Waals surface area contributed by atoms with E-state index in [1.807, 2.05) is 12.4 Å². The molecule has 4 heteroatoms. The number of rotatable bonds is 2. The summed E-state index contributed by atoms with van der Waals surface area (Å²) >= 11 is 3.44. The molecule has 3 aliphatic rings. The molecule has 0 radical (unpaired) electrons. The molecule has 36 heavy (non-hydrogen) atoms. The van der Waals surface area contributed by atoms with Crippen molar-refractivity contribution in [2.24, 2.45) is 5.92 Å². The zero-order valence-corrected chi connectivity index (χ0v) is 23.3. The Hall–Kier alpha value is -2.82. The summed E-state index contributed by atoms with van der Waals surface area (Å²) in [6.45, 7) is 14.5. The second-order valence-corrected chi connectivity index (χ2v) is 13.4. The van der Waals surface area contributed by atoms with Gasteiger partial charge in [0, 0.05) is 45.6 Å². The number of nitrogens with zero attached hydrogens (tertiary/aromatic N) is 2. The lowest BCUT2D eigenvalue weighted by Gasteiger charge is -2.34. The van der Waals surface area contributed by atoms with E-state index in [0.717, 1.165) is 10.0 Å². The first kappa shape index (κ1) is 22.4. The highest BCUT2D eigenvalue weighted by atomic mass is 32.1. The second kappa shape index (κ2) is 7.36. The van der Waals surface area contributed by atoms with Crippen molar-refractivity contribution in [3.05, 3.63) is 98.0 Å². The zero-order valence-electron chi connectivity index (χ0n) is 21.6. The minimum Gasteiger partial charge on any atom is -0.245 e. The van der Waals surface area contributed by atoms with Gasteiger partial charge in [0.15, 0.2) is 0 Å². The first-order valence-corrected chi connectivity index (χ1v) is 14.5. The van der Waals surface area contributed by atoms with Crippen LogP contribution in [0.4, 0.5) is 0 Å². The number of benzene rings is 2. The van der Waals surface area contributed by atoms with Crippen LogP contribution >= 0.6 is 22.7 Å². The third-order valence-corrected chi connectivity index (χ3v) is 10.7. The van der Waals surface area contributed by atoms with Gasteiger partial charge in [-0.1, -0.05) is 58.1 Å². The normalized spacial score (nSPS) is 22.1. The molecule has 0 amide bonds. The number of hydrogen-bond acceptors (Lipinski definition) is 4. The summed E-state index contributed by atoms with van der Waals surface area (Å²) in [6, 6.07) is 7.03. The van der Waals surface area contributed by atoms with E-state index in [9.17, 15) is 0 Å². The van der Waals surface area contributed by atoms with Crippen molar-refractivity contribution in [2.75, 3.05) is 0 Å². The molecule has 180 valence electrons. The Morgan fingerprint density at radius 1 is 0.861 bits per heavy atom. The maximum atomic E-state index is 4.61. The van der Waals surface area contributed by atoms with E-state index in [4.69, 9.17) is 0 Å². The fourth-order valence-corrected chi connectivity index (χ4v) is 8.55. The molecule has 3 aliphatic carbocycles. The van der Waals surface area contributed by atoms with Gasteiger partial charge in [-0.15, -0.1) is 22.7 Å². The lowest BCUT2D eigenvalue weighted by molar-refractivity contribution is 0.391. The van der Waals surface area contributed by atoms with Gasteiger partial charge in [0.1, 0.15) is 10.0 Å². The van der Waals surface area contributed by atoms with E-state index >= 15 is 0 Å². The van der Waals surface area contributed by atoms with Crippen molar-refractivity contribution in [1.29, 1.82) is 0 Å². The Labute approximate surface area is 221 Å². The summed E-state index contributed by atoms with van der Waals surface area (Å²) < 4.78 is 0. The predicted octanol–water partition coefficient (Wildman–Crippen LogP) is 8.83. The molecule has 2 aromatic carbocycles. The van der Waals surface area contributed by atoms with E-state index in [-0.39, 0.29) is 10.8 Å². The standard InChI is InChI=1S/C32H30N2S2/c1-17-18(2)26-22-10-8-20(30-34-12-14-36-30)16-24(22)32(5,6)28(26)27-25(17)21-9-7-19(29-33-11-13-35-29)15-23(21)31(27,3)4/h7-16,21,23H,1-6H3. The van der Waals surface area contributed by atoms with Gasteiger partial charge in [-0.3, -0.25) is 0 Å². The minimum atomic E-state index is -0.0726. The van der Waals surface area contributed by atoms with Crippen LogP contribution in [0.3, 0.4) is 0 Å². The topological polar surface area (TPSA) is 25.8 Å². The van der Waals surface area contributed by atoms with Crippen molar-refractivity contribution in [1.82, 2.24) is 9.97 Å². The molecule has 2 nitrogen and oxygen atoms in total. The van der Waals surface area contributed by atoms with Gasteiger partial charge in [0.25, 0.3) is 0 Å². The minimum absolute atomic E-state index is 0.0211. The van der Waals surface area contributed by atoms with Crippen molar-refractivity contribution in [2.45, 2.75) is 58.3 Å². The lowest BCUT2D eigenvalue weighted by atomic mass is 9.69. The highest BCUT2D eigenvalue weighted by Gasteiger charge is 2.52. The second-order valence-electron chi connectivity index (χ2n) is 11.6. The summed E-state index contributed by atoms with van der Waals surface area (Å²) in [5.74, 6) is 0.833. The molecule has 2 unspecified atom stereocenters. The van der Waals surface area contributed by atoms with Crippen LogP contribution in [-0.4, -0.2) is 9.97 Å². The Morgan fingerprint density at radius 3 is 2.28 bits per heavy atom. The highest BCUT2D eigenvalue weighted by molar-refractivity contribution is 7.13. The van der Waals surface area contributed by atoms with Gasteiger partial charge in [-0.05, 0) is 75.8 Å². The fourth-order valence-electron chi connectivity index (χ4n) is 7.27. The van der Waals surface area contributed by atoms with E-state index in [1.165, 1.54) is 39.0 Å². The van der Waals surface area contributed by atoms with Crippen LogP contribution in [0.5, 0.6) is 0 Å². The van der Waals surface area contributed by atoms with Gasteiger partial charge < -0.3 is 0 Å². The molecule has 2 aromatic heterocycles. The van der Waals surface area contributed by atoms with Crippen LogP contribution in [0.1, 0.15) is 72.0 Å². The summed E-state index contributed by atoms with van der Waals surface area (Å²) in [5, 5.41) is 6.36. The number of thiazole rings is 2. The molecular formula is C32H30N2S2.